The lowest BCUT2D eigenvalue weighted by molar-refractivity contribution is -0.126. The molecule has 0 aliphatic heterocycles. The van der Waals surface area contributed by atoms with Crippen molar-refractivity contribution in [3.05, 3.63) is 34.3 Å². The van der Waals surface area contributed by atoms with E-state index in [-0.39, 0.29) is 11.0 Å². The van der Waals surface area contributed by atoms with Crippen molar-refractivity contribution < 1.29 is 4.79 Å². The molecule has 0 heterocycles. The van der Waals surface area contributed by atoms with E-state index in [0.717, 1.165) is 36.1 Å². The van der Waals surface area contributed by atoms with Crippen molar-refractivity contribution in [2.45, 2.75) is 44.1 Å². The van der Waals surface area contributed by atoms with Gasteiger partial charge in [0.1, 0.15) is 0 Å². The Balaban J connectivity index is 1.62. The van der Waals surface area contributed by atoms with E-state index < -0.39 is 0 Å². The maximum Gasteiger partial charge on any atom is 0.227 e. The van der Waals surface area contributed by atoms with Crippen LogP contribution in [0.2, 0.25) is 0 Å². The topological polar surface area (TPSA) is 29.1 Å². The molecule has 0 radical (unpaired) electrons. The average molecular weight is 320 g/mol. The minimum atomic E-state index is -0.0950. The second-order valence-electron chi connectivity index (χ2n) is 6.51. The van der Waals surface area contributed by atoms with Gasteiger partial charge in [0.15, 0.2) is 0 Å². The van der Waals surface area contributed by atoms with Crippen molar-refractivity contribution in [2.75, 3.05) is 0 Å². The molecule has 3 saturated carbocycles. The van der Waals surface area contributed by atoms with Gasteiger partial charge in [-0.2, -0.15) is 0 Å². The molecule has 0 saturated heterocycles. The van der Waals surface area contributed by atoms with Crippen molar-refractivity contribution in [3.63, 3.8) is 0 Å². The van der Waals surface area contributed by atoms with E-state index in [1.165, 1.54) is 18.4 Å². The van der Waals surface area contributed by atoms with E-state index in [1.54, 1.807) is 0 Å². The molecule has 0 aromatic heterocycles. The number of halogens is 1. The zero-order valence-corrected chi connectivity index (χ0v) is 12.5. The summed E-state index contributed by atoms with van der Waals surface area (Å²) in [6, 6.07) is 8.48. The van der Waals surface area contributed by atoms with Gasteiger partial charge in [0.05, 0.1) is 11.0 Å². The molecule has 2 nitrogen and oxygen atoms in total. The minimum Gasteiger partial charge on any atom is -0.346 e. The third kappa shape index (κ3) is 1.78. The standard InChI is InChI=1S/C16H18BrNO/c17-13-5-3-11(4-6-13)16(7-1-2-8-16)18-14(19)15-9-12(15)10-15/h3-6,12H,1-2,7-10H2,(H,18,19). The fourth-order valence-electron chi connectivity index (χ4n) is 3.65. The van der Waals surface area contributed by atoms with Gasteiger partial charge in [0.25, 0.3) is 0 Å². The summed E-state index contributed by atoms with van der Waals surface area (Å²) in [5.41, 5.74) is 1.25. The van der Waals surface area contributed by atoms with Gasteiger partial charge in [-0.3, -0.25) is 4.79 Å². The largest absolute Gasteiger partial charge is 0.346 e. The molecular formula is C16H18BrNO. The fraction of sp³-hybridized carbons (Fsp3) is 0.562. The summed E-state index contributed by atoms with van der Waals surface area (Å²) in [4.78, 5) is 12.4. The van der Waals surface area contributed by atoms with Crippen LogP contribution in [-0.4, -0.2) is 5.91 Å². The Bertz CT molecular complexity index is 524. The number of hydrogen-bond acceptors (Lipinski definition) is 1. The lowest BCUT2D eigenvalue weighted by Crippen LogP contribution is -2.45. The molecule has 3 fully saturated rings. The Labute approximate surface area is 122 Å². The summed E-state index contributed by atoms with van der Waals surface area (Å²) < 4.78 is 1.10. The number of carbonyl (C=O) groups excluding carboxylic acids is 1. The zero-order chi connectivity index (χ0) is 13.1. The van der Waals surface area contributed by atoms with Crippen molar-refractivity contribution in [1.82, 2.24) is 5.32 Å². The minimum absolute atomic E-state index is 0.0744. The van der Waals surface area contributed by atoms with Crippen LogP contribution in [0.15, 0.2) is 28.7 Å². The molecule has 0 atom stereocenters. The smallest absolute Gasteiger partial charge is 0.227 e. The van der Waals surface area contributed by atoms with Gasteiger partial charge in [-0.05, 0) is 49.3 Å². The molecular weight excluding hydrogens is 302 g/mol. The molecule has 19 heavy (non-hydrogen) atoms. The Morgan fingerprint density at radius 3 is 2.26 bits per heavy atom. The van der Waals surface area contributed by atoms with Crippen LogP contribution in [0.4, 0.5) is 0 Å². The number of hydrogen-bond donors (Lipinski definition) is 1. The highest BCUT2D eigenvalue weighted by atomic mass is 79.9. The van der Waals surface area contributed by atoms with E-state index in [2.05, 4.69) is 45.5 Å². The van der Waals surface area contributed by atoms with E-state index in [1.807, 2.05) is 0 Å². The number of fused-ring (bicyclic) bond motifs is 1. The van der Waals surface area contributed by atoms with E-state index in [0.29, 0.717) is 5.91 Å². The Hall–Kier alpha value is -0.830. The predicted molar refractivity (Wildman–Crippen MR) is 77.6 cm³/mol. The van der Waals surface area contributed by atoms with Crippen molar-refractivity contribution in [1.29, 1.82) is 0 Å². The first-order valence-electron chi connectivity index (χ1n) is 7.23. The van der Waals surface area contributed by atoms with Crippen LogP contribution in [0.3, 0.4) is 0 Å². The Kier molecular flexibility index (Phi) is 2.42. The van der Waals surface area contributed by atoms with Crippen LogP contribution >= 0.6 is 15.9 Å². The van der Waals surface area contributed by atoms with Crippen LogP contribution in [0, 0.1) is 11.3 Å². The molecule has 3 aliphatic rings. The Morgan fingerprint density at radius 2 is 1.74 bits per heavy atom. The molecule has 100 valence electrons. The molecule has 0 unspecified atom stereocenters. The third-order valence-corrected chi connectivity index (χ3v) is 5.87. The lowest BCUT2D eigenvalue weighted by atomic mass is 9.87. The molecule has 1 aromatic carbocycles. The number of benzene rings is 1. The van der Waals surface area contributed by atoms with Gasteiger partial charge in [-0.15, -0.1) is 0 Å². The second-order valence-corrected chi connectivity index (χ2v) is 7.43. The van der Waals surface area contributed by atoms with Crippen LogP contribution in [0.5, 0.6) is 0 Å². The highest BCUT2D eigenvalue weighted by molar-refractivity contribution is 9.10. The summed E-state index contributed by atoms with van der Waals surface area (Å²) in [6.45, 7) is 0. The summed E-state index contributed by atoms with van der Waals surface area (Å²) in [5.74, 6) is 1.04. The fourth-order valence-corrected chi connectivity index (χ4v) is 3.91. The maximum absolute atomic E-state index is 12.4. The van der Waals surface area contributed by atoms with E-state index in [9.17, 15) is 4.79 Å². The molecule has 3 heteroatoms. The molecule has 1 amide bonds. The molecule has 4 rings (SSSR count). The van der Waals surface area contributed by atoms with Crippen LogP contribution in [0.25, 0.3) is 0 Å². The Morgan fingerprint density at radius 1 is 1.16 bits per heavy atom. The number of nitrogens with one attached hydrogen (secondary N) is 1. The van der Waals surface area contributed by atoms with Crippen molar-refractivity contribution in [3.8, 4) is 0 Å². The molecule has 0 bridgehead atoms. The lowest BCUT2D eigenvalue weighted by Gasteiger charge is -2.32. The van der Waals surface area contributed by atoms with Gasteiger partial charge in [-0.1, -0.05) is 40.9 Å². The quantitative estimate of drug-likeness (QED) is 0.903. The first kappa shape index (κ1) is 12.0. The number of rotatable bonds is 3. The summed E-state index contributed by atoms with van der Waals surface area (Å²) in [6.07, 6.45) is 6.87. The summed E-state index contributed by atoms with van der Waals surface area (Å²) in [7, 11) is 0. The monoisotopic (exact) mass is 319 g/mol. The van der Waals surface area contributed by atoms with Gasteiger partial charge < -0.3 is 5.32 Å². The van der Waals surface area contributed by atoms with Crippen molar-refractivity contribution in [2.24, 2.45) is 11.3 Å². The van der Waals surface area contributed by atoms with Gasteiger partial charge in [-0.25, -0.2) is 0 Å². The third-order valence-electron chi connectivity index (χ3n) is 5.34. The molecule has 1 aromatic rings. The first-order valence-corrected chi connectivity index (χ1v) is 8.03. The second kappa shape index (κ2) is 3.85. The van der Waals surface area contributed by atoms with E-state index in [4.69, 9.17) is 0 Å². The molecule has 3 aliphatic carbocycles. The van der Waals surface area contributed by atoms with Gasteiger partial charge >= 0.3 is 0 Å². The summed E-state index contributed by atoms with van der Waals surface area (Å²) in [5, 5.41) is 3.42. The SMILES string of the molecule is O=C(NC1(c2ccc(Br)cc2)CCCC1)C12CC1C2. The van der Waals surface area contributed by atoms with Gasteiger partial charge in [0.2, 0.25) is 5.91 Å². The van der Waals surface area contributed by atoms with Crippen LogP contribution in [-0.2, 0) is 10.3 Å². The van der Waals surface area contributed by atoms with Crippen LogP contribution in [0.1, 0.15) is 44.1 Å². The zero-order valence-electron chi connectivity index (χ0n) is 10.9. The normalized spacial score (nSPS) is 33.6. The number of carbonyl (C=O) groups is 1. The van der Waals surface area contributed by atoms with Gasteiger partial charge in [0, 0.05) is 4.47 Å². The predicted octanol–water partition coefficient (Wildman–Crippen LogP) is 3.74. The highest BCUT2D eigenvalue weighted by Gasteiger charge is 2.74. The molecule has 0 spiro atoms. The molecule has 1 N–H and O–H groups in total. The number of amides is 1. The average Bonchev–Trinajstić information content (AvgIpc) is 3.20. The van der Waals surface area contributed by atoms with E-state index >= 15 is 0 Å². The maximum atomic E-state index is 12.4. The first-order chi connectivity index (χ1) is 9.15. The summed E-state index contributed by atoms with van der Waals surface area (Å²) >= 11 is 3.48. The van der Waals surface area contributed by atoms with Crippen molar-refractivity contribution >= 4 is 21.8 Å². The van der Waals surface area contributed by atoms with Crippen LogP contribution < -0.4 is 5.32 Å². The highest BCUT2D eigenvalue weighted by Crippen LogP contribution is 2.75.